The van der Waals surface area contributed by atoms with Gasteiger partial charge in [0.05, 0.1) is 0 Å². The summed E-state index contributed by atoms with van der Waals surface area (Å²) in [5.74, 6) is -1.14. The standard InChI is InChI=1S/C16H16N4O4/c1-16(2,3)20-13-10(18-15(20)24)11(14(22)23)17-12(19-13)8-5-4-6-9(21)7-8/h4-7,21H,1-3H3,(H,18,24)(H,22,23). The number of carbonyl (C=O) groups is 1. The van der Waals surface area contributed by atoms with Gasteiger partial charge < -0.3 is 15.2 Å². The fourth-order valence-electron chi connectivity index (χ4n) is 2.54. The van der Waals surface area contributed by atoms with Crippen LogP contribution in [0.5, 0.6) is 5.75 Å². The summed E-state index contributed by atoms with van der Waals surface area (Å²) in [5, 5.41) is 19.1. The average Bonchev–Trinajstić information content (AvgIpc) is 2.81. The van der Waals surface area contributed by atoms with Crippen LogP contribution < -0.4 is 5.69 Å². The van der Waals surface area contributed by atoms with Crippen molar-refractivity contribution in [2.24, 2.45) is 0 Å². The molecule has 0 amide bonds. The van der Waals surface area contributed by atoms with Crippen LogP contribution in [-0.2, 0) is 5.54 Å². The number of nitrogens with one attached hydrogen (secondary N) is 1. The van der Waals surface area contributed by atoms with Gasteiger partial charge in [-0.1, -0.05) is 12.1 Å². The summed E-state index contributed by atoms with van der Waals surface area (Å²) in [4.78, 5) is 34.8. The number of rotatable bonds is 2. The molecule has 0 saturated carbocycles. The Hall–Kier alpha value is -3.16. The molecule has 8 heteroatoms. The second kappa shape index (κ2) is 5.19. The summed E-state index contributed by atoms with van der Waals surface area (Å²) in [7, 11) is 0. The molecule has 0 saturated heterocycles. The lowest BCUT2D eigenvalue weighted by Gasteiger charge is -2.20. The van der Waals surface area contributed by atoms with E-state index in [0.717, 1.165) is 0 Å². The van der Waals surface area contributed by atoms with Crippen molar-refractivity contribution in [3.8, 4) is 17.1 Å². The van der Waals surface area contributed by atoms with E-state index < -0.39 is 17.2 Å². The molecule has 24 heavy (non-hydrogen) atoms. The Morgan fingerprint density at radius 1 is 1.25 bits per heavy atom. The predicted octanol–water partition coefficient (Wildman–Crippen LogP) is 1.95. The highest BCUT2D eigenvalue weighted by atomic mass is 16.4. The normalized spacial score (nSPS) is 11.8. The van der Waals surface area contributed by atoms with Crippen LogP contribution in [-0.4, -0.2) is 35.7 Å². The van der Waals surface area contributed by atoms with Gasteiger partial charge in [0.25, 0.3) is 0 Å². The first kappa shape index (κ1) is 15.7. The molecule has 1 aromatic carbocycles. The van der Waals surface area contributed by atoms with E-state index in [1.165, 1.54) is 16.7 Å². The molecule has 0 spiro atoms. The predicted molar refractivity (Wildman–Crippen MR) is 87.2 cm³/mol. The fraction of sp³-hybridized carbons (Fsp3) is 0.250. The van der Waals surface area contributed by atoms with Crippen molar-refractivity contribution in [1.82, 2.24) is 19.5 Å². The number of phenolic OH excluding ortho intramolecular Hbond substituents is 1. The van der Waals surface area contributed by atoms with E-state index in [-0.39, 0.29) is 28.4 Å². The number of fused-ring (bicyclic) bond motifs is 1. The maximum Gasteiger partial charge on any atom is 0.356 e. The number of carboxylic acids is 1. The maximum absolute atomic E-state index is 12.3. The molecule has 0 bridgehead atoms. The van der Waals surface area contributed by atoms with Crippen LogP contribution in [0.2, 0.25) is 0 Å². The first-order valence-electron chi connectivity index (χ1n) is 7.24. The van der Waals surface area contributed by atoms with Crippen molar-refractivity contribution in [3.63, 3.8) is 0 Å². The van der Waals surface area contributed by atoms with Crippen LogP contribution in [0, 0.1) is 0 Å². The molecular formula is C16H16N4O4. The van der Waals surface area contributed by atoms with Crippen LogP contribution in [0.15, 0.2) is 29.1 Å². The zero-order valence-corrected chi connectivity index (χ0v) is 13.4. The maximum atomic E-state index is 12.3. The number of benzene rings is 1. The molecule has 2 aromatic heterocycles. The summed E-state index contributed by atoms with van der Waals surface area (Å²) < 4.78 is 1.39. The minimum atomic E-state index is -1.27. The Labute approximate surface area is 136 Å². The van der Waals surface area contributed by atoms with Crippen molar-refractivity contribution in [2.75, 3.05) is 0 Å². The first-order chi connectivity index (χ1) is 11.2. The molecule has 0 aliphatic carbocycles. The van der Waals surface area contributed by atoms with E-state index in [0.29, 0.717) is 5.56 Å². The van der Waals surface area contributed by atoms with Crippen molar-refractivity contribution >= 4 is 17.1 Å². The van der Waals surface area contributed by atoms with E-state index in [2.05, 4.69) is 15.0 Å². The van der Waals surface area contributed by atoms with Crippen LogP contribution in [0.25, 0.3) is 22.6 Å². The Bertz CT molecular complexity index is 1010. The zero-order valence-electron chi connectivity index (χ0n) is 13.4. The number of hydrogen-bond donors (Lipinski definition) is 3. The minimum Gasteiger partial charge on any atom is -0.508 e. The number of imidazole rings is 1. The van der Waals surface area contributed by atoms with Gasteiger partial charge in [-0.3, -0.25) is 4.57 Å². The molecule has 3 rings (SSSR count). The summed E-state index contributed by atoms with van der Waals surface area (Å²) in [6.45, 7) is 5.45. The number of carboxylic acid groups (broad SMARTS) is 1. The Kier molecular flexibility index (Phi) is 3.40. The minimum absolute atomic E-state index is 0.00959. The molecule has 8 nitrogen and oxygen atoms in total. The van der Waals surface area contributed by atoms with Gasteiger partial charge in [-0.25, -0.2) is 19.6 Å². The van der Waals surface area contributed by atoms with Gasteiger partial charge in [-0.05, 0) is 32.9 Å². The number of nitrogens with zero attached hydrogens (tertiary/aromatic N) is 3. The average molecular weight is 328 g/mol. The molecular weight excluding hydrogens is 312 g/mol. The zero-order chi connectivity index (χ0) is 17.6. The Balaban J connectivity index is 2.42. The van der Waals surface area contributed by atoms with Gasteiger partial charge in [0.2, 0.25) is 0 Å². The van der Waals surface area contributed by atoms with Crippen LogP contribution in [0.1, 0.15) is 31.3 Å². The Morgan fingerprint density at radius 3 is 2.54 bits per heavy atom. The van der Waals surface area contributed by atoms with Crippen molar-refractivity contribution in [1.29, 1.82) is 0 Å². The molecule has 0 radical (unpaired) electrons. The largest absolute Gasteiger partial charge is 0.508 e. The summed E-state index contributed by atoms with van der Waals surface area (Å²) in [5.41, 5.74) is -0.617. The van der Waals surface area contributed by atoms with Gasteiger partial charge in [0.1, 0.15) is 11.3 Å². The summed E-state index contributed by atoms with van der Waals surface area (Å²) in [6.07, 6.45) is 0. The first-order valence-corrected chi connectivity index (χ1v) is 7.24. The third-order valence-electron chi connectivity index (χ3n) is 3.51. The smallest absolute Gasteiger partial charge is 0.356 e. The van der Waals surface area contributed by atoms with Crippen molar-refractivity contribution in [2.45, 2.75) is 26.3 Å². The van der Waals surface area contributed by atoms with Gasteiger partial charge in [-0.15, -0.1) is 0 Å². The molecule has 0 fully saturated rings. The second-order valence-electron chi connectivity index (χ2n) is 6.39. The highest BCUT2D eigenvalue weighted by molar-refractivity contribution is 5.98. The summed E-state index contributed by atoms with van der Waals surface area (Å²) >= 11 is 0. The monoisotopic (exact) mass is 328 g/mol. The van der Waals surface area contributed by atoms with E-state index in [4.69, 9.17) is 0 Å². The number of aromatic nitrogens is 4. The number of aromatic carboxylic acids is 1. The molecule has 0 aliphatic rings. The molecule has 3 N–H and O–H groups in total. The number of aromatic hydroxyl groups is 1. The van der Waals surface area contributed by atoms with Crippen molar-refractivity contribution < 1.29 is 15.0 Å². The second-order valence-corrected chi connectivity index (χ2v) is 6.39. The SMILES string of the molecule is CC(C)(C)n1c(=O)[nH]c2c(C(=O)O)nc(-c3cccc(O)c3)nc21. The van der Waals surface area contributed by atoms with E-state index in [1.54, 1.807) is 12.1 Å². The number of hydrogen-bond acceptors (Lipinski definition) is 5. The highest BCUT2D eigenvalue weighted by Gasteiger charge is 2.25. The third kappa shape index (κ3) is 2.51. The topological polar surface area (TPSA) is 121 Å². The number of H-pyrrole nitrogens is 1. The van der Waals surface area contributed by atoms with Crippen molar-refractivity contribution in [3.05, 3.63) is 40.4 Å². The lowest BCUT2D eigenvalue weighted by atomic mass is 10.1. The van der Waals surface area contributed by atoms with Gasteiger partial charge in [0.15, 0.2) is 17.2 Å². The van der Waals surface area contributed by atoms with Crippen LogP contribution in [0.4, 0.5) is 0 Å². The van der Waals surface area contributed by atoms with Crippen LogP contribution in [0.3, 0.4) is 0 Å². The fourth-order valence-corrected chi connectivity index (χ4v) is 2.54. The highest BCUT2D eigenvalue weighted by Crippen LogP contribution is 2.25. The van der Waals surface area contributed by atoms with Crippen LogP contribution >= 0.6 is 0 Å². The molecule has 0 aliphatic heterocycles. The molecule has 0 unspecified atom stereocenters. The number of aromatic amines is 1. The lowest BCUT2D eigenvalue weighted by Crippen LogP contribution is -2.32. The summed E-state index contributed by atoms with van der Waals surface area (Å²) in [6, 6.07) is 6.17. The van der Waals surface area contributed by atoms with E-state index in [9.17, 15) is 19.8 Å². The molecule has 3 aromatic rings. The molecule has 0 atom stereocenters. The van der Waals surface area contributed by atoms with Gasteiger partial charge in [-0.2, -0.15) is 0 Å². The number of phenols is 1. The van der Waals surface area contributed by atoms with Gasteiger partial charge in [0, 0.05) is 11.1 Å². The Morgan fingerprint density at radius 2 is 1.96 bits per heavy atom. The van der Waals surface area contributed by atoms with E-state index >= 15 is 0 Å². The molecule has 124 valence electrons. The third-order valence-corrected chi connectivity index (χ3v) is 3.51. The quantitative estimate of drug-likeness (QED) is 0.661. The van der Waals surface area contributed by atoms with Gasteiger partial charge >= 0.3 is 11.7 Å². The lowest BCUT2D eigenvalue weighted by molar-refractivity contribution is 0.0692. The molecule has 2 heterocycles. The van der Waals surface area contributed by atoms with E-state index in [1.807, 2.05) is 20.8 Å².